The molecule has 5 rings (SSSR count). The highest BCUT2D eigenvalue weighted by atomic mass is 19.1. The van der Waals surface area contributed by atoms with Crippen molar-refractivity contribution in [3.8, 4) is 11.3 Å². The van der Waals surface area contributed by atoms with Gasteiger partial charge >= 0.3 is 5.97 Å². The molecule has 216 valence electrons. The Morgan fingerprint density at radius 2 is 1.80 bits per heavy atom. The highest BCUT2D eigenvalue weighted by molar-refractivity contribution is 5.83. The van der Waals surface area contributed by atoms with Crippen LogP contribution in [0.3, 0.4) is 0 Å². The quantitative estimate of drug-likeness (QED) is 0.296. The molecule has 41 heavy (non-hydrogen) atoms. The van der Waals surface area contributed by atoms with Gasteiger partial charge in [0.2, 0.25) is 5.95 Å². The monoisotopic (exact) mass is 564 g/mol. The maximum atomic E-state index is 15.0. The number of pyridine rings is 1. The van der Waals surface area contributed by atoms with E-state index in [1.165, 1.54) is 13.0 Å². The molecule has 0 saturated carbocycles. The zero-order valence-corrected chi connectivity index (χ0v) is 23.9. The van der Waals surface area contributed by atoms with Crippen molar-refractivity contribution in [2.24, 2.45) is 0 Å². The topological polar surface area (TPSA) is 101 Å². The molecule has 0 aliphatic carbocycles. The van der Waals surface area contributed by atoms with E-state index in [2.05, 4.69) is 42.0 Å². The second kappa shape index (κ2) is 11.8. The Balaban J connectivity index is 1.39. The van der Waals surface area contributed by atoms with E-state index in [4.69, 9.17) is 4.74 Å². The Hall–Kier alpha value is -4.03. The van der Waals surface area contributed by atoms with Gasteiger partial charge in [-0.05, 0) is 51.6 Å². The molecule has 4 heterocycles. The third-order valence-corrected chi connectivity index (χ3v) is 7.23. The Labute approximate surface area is 237 Å². The predicted octanol–water partition coefficient (Wildman–Crippen LogP) is 5.00. The van der Waals surface area contributed by atoms with Gasteiger partial charge < -0.3 is 19.5 Å². The number of carbonyl (C=O) groups excluding carboxylic acids is 1. The number of likely N-dealkylation sites (N-methyl/N-ethyl adjacent to an activating group) is 1. The van der Waals surface area contributed by atoms with Gasteiger partial charge in [-0.25, -0.2) is 28.7 Å². The minimum absolute atomic E-state index is 0.0394. The van der Waals surface area contributed by atoms with Gasteiger partial charge in [-0.2, -0.15) is 0 Å². The average Bonchev–Trinajstić information content (AvgIpc) is 3.30. The van der Waals surface area contributed by atoms with Gasteiger partial charge in [-0.1, -0.05) is 6.92 Å². The summed E-state index contributed by atoms with van der Waals surface area (Å²) in [7, 11) is 0. The third kappa shape index (κ3) is 6.03. The smallest absolute Gasteiger partial charge is 0.304 e. The lowest BCUT2D eigenvalue weighted by atomic mass is 10.1. The number of piperazine rings is 1. The van der Waals surface area contributed by atoms with E-state index < -0.39 is 17.9 Å². The van der Waals surface area contributed by atoms with E-state index in [9.17, 15) is 9.18 Å². The highest BCUT2D eigenvalue weighted by Gasteiger charge is 2.27. The number of imidazole rings is 1. The molecular weight excluding hydrogens is 530 g/mol. The van der Waals surface area contributed by atoms with Crippen LogP contribution in [0.2, 0.25) is 0 Å². The summed E-state index contributed by atoms with van der Waals surface area (Å²) in [5, 5.41) is 2.99. The first-order valence-corrected chi connectivity index (χ1v) is 13.7. The lowest BCUT2D eigenvalue weighted by Gasteiger charge is -2.38. The predicted molar refractivity (Wildman–Crippen MR) is 152 cm³/mol. The molecule has 0 spiro atoms. The third-order valence-electron chi connectivity index (χ3n) is 7.23. The van der Waals surface area contributed by atoms with Crippen LogP contribution in [0.15, 0.2) is 36.7 Å². The number of nitrogens with one attached hydrogen (secondary N) is 1. The fourth-order valence-corrected chi connectivity index (χ4v) is 5.25. The highest BCUT2D eigenvalue weighted by Crippen LogP contribution is 2.31. The second-order valence-electron chi connectivity index (χ2n) is 10.4. The maximum Gasteiger partial charge on any atom is 0.304 e. The normalized spacial score (nSPS) is 15.4. The van der Waals surface area contributed by atoms with Gasteiger partial charge in [-0.3, -0.25) is 9.69 Å². The Bertz CT molecular complexity index is 1550. The van der Waals surface area contributed by atoms with Gasteiger partial charge in [0, 0.05) is 56.5 Å². The molecule has 1 atom stereocenters. The van der Waals surface area contributed by atoms with Crippen LogP contribution in [0.1, 0.15) is 51.4 Å². The van der Waals surface area contributed by atoms with Gasteiger partial charge in [0.05, 0.1) is 11.7 Å². The molecule has 3 aromatic heterocycles. The van der Waals surface area contributed by atoms with Crippen LogP contribution < -0.4 is 5.32 Å². The van der Waals surface area contributed by atoms with Gasteiger partial charge in [0.25, 0.3) is 0 Å². The number of nitrogens with zero attached hydrogens (tertiary/aromatic N) is 7. The van der Waals surface area contributed by atoms with Crippen molar-refractivity contribution in [2.75, 3.05) is 38.0 Å². The van der Waals surface area contributed by atoms with E-state index in [-0.39, 0.29) is 34.7 Å². The van der Waals surface area contributed by atoms with Crippen LogP contribution in [-0.4, -0.2) is 73.0 Å². The molecule has 1 N–H and O–H groups in total. The van der Waals surface area contributed by atoms with E-state index >= 15 is 4.39 Å². The molecule has 0 bridgehead atoms. The SMILES string of the molecule is CCN1CCN([C@@H](OC(C)=O)c2ccc(Nc3ncc(F)c(-c4cc(F)c5nc(C)n(C(C)C)c5c4)n3)nc2)CC1. The van der Waals surface area contributed by atoms with Crippen molar-refractivity contribution in [3.05, 3.63) is 59.7 Å². The van der Waals surface area contributed by atoms with Crippen molar-refractivity contribution >= 4 is 28.8 Å². The van der Waals surface area contributed by atoms with E-state index in [1.54, 1.807) is 18.3 Å². The summed E-state index contributed by atoms with van der Waals surface area (Å²) in [6.07, 6.45) is 2.12. The molecule has 1 saturated heterocycles. The van der Waals surface area contributed by atoms with Crippen molar-refractivity contribution in [1.29, 1.82) is 0 Å². The summed E-state index contributed by atoms with van der Waals surface area (Å²) in [6, 6.07) is 6.50. The molecule has 10 nitrogen and oxygen atoms in total. The molecule has 0 radical (unpaired) electrons. The fraction of sp³-hybridized carbons (Fsp3) is 0.414. The Kier molecular flexibility index (Phi) is 8.22. The summed E-state index contributed by atoms with van der Waals surface area (Å²) < 4.78 is 37.5. The number of hydrogen-bond donors (Lipinski definition) is 1. The molecule has 0 unspecified atom stereocenters. The Morgan fingerprint density at radius 3 is 2.44 bits per heavy atom. The molecule has 1 aromatic carbocycles. The number of hydrogen-bond acceptors (Lipinski definition) is 9. The van der Waals surface area contributed by atoms with Crippen LogP contribution in [0, 0.1) is 18.6 Å². The number of benzene rings is 1. The first-order valence-electron chi connectivity index (χ1n) is 13.7. The molecule has 1 aliphatic heterocycles. The molecule has 1 fully saturated rings. The zero-order valence-electron chi connectivity index (χ0n) is 23.9. The van der Waals surface area contributed by atoms with E-state index in [0.717, 1.165) is 44.5 Å². The van der Waals surface area contributed by atoms with Crippen LogP contribution in [0.4, 0.5) is 20.5 Å². The number of halogens is 2. The van der Waals surface area contributed by atoms with E-state index in [1.807, 2.05) is 31.4 Å². The first-order chi connectivity index (χ1) is 19.6. The summed E-state index contributed by atoms with van der Waals surface area (Å²) in [4.78, 5) is 33.5. The Morgan fingerprint density at radius 1 is 1.05 bits per heavy atom. The van der Waals surface area contributed by atoms with E-state index in [0.29, 0.717) is 17.2 Å². The molecule has 0 amide bonds. The van der Waals surface area contributed by atoms with Crippen molar-refractivity contribution < 1.29 is 18.3 Å². The van der Waals surface area contributed by atoms with Crippen LogP contribution in [0.5, 0.6) is 0 Å². The summed E-state index contributed by atoms with van der Waals surface area (Å²) in [5.74, 6) is -0.420. The number of aromatic nitrogens is 5. The maximum absolute atomic E-state index is 15.0. The number of rotatable bonds is 8. The number of fused-ring (bicyclic) bond motifs is 1. The number of esters is 1. The standard InChI is InChI=1S/C29H34F2N8O2/c1-6-37-9-11-38(12-10-37)28(41-19(5)40)20-7-8-25(32-15-20)35-29-33-16-23(31)26(36-29)21-13-22(30)27-24(14-21)39(17(2)3)18(4)34-27/h7-8,13-17,28H,6,9-12H2,1-5H3,(H,32,33,35,36)/t28-/m0/s1. The second-order valence-corrected chi connectivity index (χ2v) is 10.4. The summed E-state index contributed by atoms with van der Waals surface area (Å²) in [6.45, 7) is 13.6. The van der Waals surface area contributed by atoms with Crippen molar-refractivity contribution in [2.45, 2.75) is 46.9 Å². The van der Waals surface area contributed by atoms with Crippen LogP contribution >= 0.6 is 0 Å². The average molecular weight is 565 g/mol. The fourth-order valence-electron chi connectivity index (χ4n) is 5.25. The van der Waals surface area contributed by atoms with Crippen molar-refractivity contribution in [3.63, 3.8) is 0 Å². The van der Waals surface area contributed by atoms with Crippen LogP contribution in [-0.2, 0) is 9.53 Å². The first kappa shape index (κ1) is 28.5. The van der Waals surface area contributed by atoms with Crippen molar-refractivity contribution in [1.82, 2.24) is 34.3 Å². The minimum atomic E-state index is -0.683. The lowest BCUT2D eigenvalue weighted by Crippen LogP contribution is -2.48. The molecule has 1 aliphatic rings. The molecule has 4 aromatic rings. The lowest BCUT2D eigenvalue weighted by molar-refractivity contribution is -0.159. The van der Waals surface area contributed by atoms with Gasteiger partial charge in [-0.15, -0.1) is 0 Å². The zero-order chi connectivity index (χ0) is 29.3. The largest absolute Gasteiger partial charge is 0.442 e. The molecular formula is C29H34F2N8O2. The van der Waals surface area contributed by atoms with Crippen LogP contribution in [0.25, 0.3) is 22.3 Å². The number of aryl methyl sites for hydroxylation is 1. The number of anilines is 2. The molecule has 12 heteroatoms. The number of carbonyl (C=O) groups is 1. The van der Waals surface area contributed by atoms with Gasteiger partial charge in [0.1, 0.15) is 22.9 Å². The minimum Gasteiger partial charge on any atom is -0.442 e. The summed E-state index contributed by atoms with van der Waals surface area (Å²) in [5.41, 5.74) is 1.76. The van der Waals surface area contributed by atoms with Gasteiger partial charge in [0.15, 0.2) is 17.9 Å². The summed E-state index contributed by atoms with van der Waals surface area (Å²) >= 11 is 0. The number of ether oxygens (including phenoxy) is 1.